The summed E-state index contributed by atoms with van der Waals surface area (Å²) >= 11 is 2.87. The summed E-state index contributed by atoms with van der Waals surface area (Å²) in [5, 5.41) is 14.8. The molecule has 9 heteroatoms. The molecule has 0 saturated heterocycles. The van der Waals surface area contributed by atoms with Gasteiger partial charge in [-0.05, 0) is 41.1 Å². The molecule has 2 aromatic carbocycles. The first kappa shape index (κ1) is 18.0. The molecular weight excluding hydrogens is 408 g/mol. The smallest absolute Gasteiger partial charge is 0.283 e. The molecule has 5 rings (SSSR count). The fourth-order valence-electron chi connectivity index (χ4n) is 2.92. The summed E-state index contributed by atoms with van der Waals surface area (Å²) in [6.45, 7) is 0.181. The highest BCUT2D eigenvalue weighted by molar-refractivity contribution is 8.45. The number of aliphatic imine (C=N–C) groups is 1. The fourth-order valence-corrected chi connectivity index (χ4v) is 4.81. The third kappa shape index (κ3) is 3.54. The van der Waals surface area contributed by atoms with Gasteiger partial charge in [0, 0.05) is 5.75 Å². The summed E-state index contributed by atoms with van der Waals surface area (Å²) in [7, 11) is 0. The summed E-state index contributed by atoms with van der Waals surface area (Å²) in [4.78, 5) is 16.6. The number of carbonyl (C=O) groups excluding carboxylic acids is 1. The molecule has 0 fully saturated rings. The molecule has 29 heavy (non-hydrogen) atoms. The van der Waals surface area contributed by atoms with Crippen LogP contribution in [-0.4, -0.2) is 33.1 Å². The van der Waals surface area contributed by atoms with Crippen LogP contribution in [0.3, 0.4) is 0 Å². The molecule has 144 valence electrons. The molecule has 7 nitrogen and oxygen atoms in total. The number of amides is 1. The van der Waals surface area contributed by atoms with E-state index in [1.54, 1.807) is 30.0 Å². The zero-order valence-electron chi connectivity index (χ0n) is 15.0. The zero-order chi connectivity index (χ0) is 19.8. The number of hydrazone groups is 1. The third-order valence-electron chi connectivity index (χ3n) is 4.35. The molecule has 0 saturated carbocycles. The Balaban J connectivity index is 1.36. The lowest BCUT2D eigenvalue weighted by molar-refractivity contribution is -0.114. The van der Waals surface area contributed by atoms with Gasteiger partial charge >= 0.3 is 0 Å². The number of thioether (sulfide) groups is 2. The Bertz CT molecular complexity index is 1110. The SMILES string of the molecule is N=C1C(=Cc2ccc3c(c2)OCO3)C(=O)N=C2SC(SCc3ccccc3)=NN12. The first-order valence-corrected chi connectivity index (χ1v) is 10.5. The minimum Gasteiger partial charge on any atom is -0.454 e. The van der Waals surface area contributed by atoms with E-state index in [1.165, 1.54) is 22.3 Å². The zero-order valence-corrected chi connectivity index (χ0v) is 16.6. The second-order valence-corrected chi connectivity index (χ2v) is 8.45. The number of nitrogens with zero attached hydrogens (tertiary/aromatic N) is 3. The van der Waals surface area contributed by atoms with Gasteiger partial charge in [-0.15, -0.1) is 5.10 Å². The number of fused-ring (bicyclic) bond motifs is 2. The molecule has 3 heterocycles. The number of ether oxygens (including phenoxy) is 2. The molecule has 3 aliphatic rings. The molecule has 0 radical (unpaired) electrons. The van der Waals surface area contributed by atoms with Gasteiger partial charge in [-0.3, -0.25) is 10.2 Å². The van der Waals surface area contributed by atoms with E-state index in [-0.39, 0.29) is 18.2 Å². The molecule has 0 atom stereocenters. The van der Waals surface area contributed by atoms with Gasteiger partial charge in [-0.1, -0.05) is 48.2 Å². The van der Waals surface area contributed by atoms with Crippen LogP contribution in [0, 0.1) is 5.41 Å². The average Bonchev–Trinajstić information content (AvgIpc) is 3.36. The molecule has 1 N–H and O–H groups in total. The average molecular weight is 422 g/mol. The van der Waals surface area contributed by atoms with Gasteiger partial charge in [0.15, 0.2) is 21.7 Å². The van der Waals surface area contributed by atoms with E-state index in [0.717, 1.165) is 15.7 Å². The van der Waals surface area contributed by atoms with E-state index < -0.39 is 5.91 Å². The normalized spacial score (nSPS) is 18.8. The Morgan fingerprint density at radius 2 is 2.00 bits per heavy atom. The van der Waals surface area contributed by atoms with E-state index in [4.69, 9.17) is 14.9 Å². The van der Waals surface area contributed by atoms with E-state index >= 15 is 0 Å². The molecule has 0 bridgehead atoms. The molecule has 2 aromatic rings. The van der Waals surface area contributed by atoms with Crippen molar-refractivity contribution in [3.05, 3.63) is 65.2 Å². The Labute approximate surface area is 175 Å². The van der Waals surface area contributed by atoms with Crippen LogP contribution in [-0.2, 0) is 10.5 Å². The first-order valence-electron chi connectivity index (χ1n) is 8.74. The summed E-state index contributed by atoms with van der Waals surface area (Å²) in [5.41, 5.74) is 2.10. The molecule has 0 aromatic heterocycles. The van der Waals surface area contributed by atoms with Gasteiger partial charge in [0.05, 0.1) is 5.57 Å². The summed E-state index contributed by atoms with van der Waals surface area (Å²) in [6, 6.07) is 15.4. The molecule has 0 unspecified atom stereocenters. The largest absolute Gasteiger partial charge is 0.454 e. The lowest BCUT2D eigenvalue weighted by Crippen LogP contribution is -2.35. The Hall–Kier alpha value is -3.04. The Morgan fingerprint density at radius 1 is 1.17 bits per heavy atom. The molecule has 0 aliphatic carbocycles. The maximum atomic E-state index is 12.5. The molecule has 3 aliphatic heterocycles. The van der Waals surface area contributed by atoms with Crippen molar-refractivity contribution in [2.75, 3.05) is 6.79 Å². The summed E-state index contributed by atoms with van der Waals surface area (Å²) < 4.78 is 11.4. The number of benzene rings is 2. The second-order valence-electron chi connectivity index (χ2n) is 6.27. The van der Waals surface area contributed by atoms with Gasteiger partial charge in [-0.25, -0.2) is 0 Å². The van der Waals surface area contributed by atoms with E-state index in [1.807, 2.05) is 24.3 Å². The number of carbonyl (C=O) groups is 1. The lowest BCUT2D eigenvalue weighted by atomic mass is 10.1. The summed E-state index contributed by atoms with van der Waals surface area (Å²) in [5.74, 6) is 1.61. The van der Waals surface area contributed by atoms with Crippen LogP contribution in [0.15, 0.2) is 64.2 Å². The Kier molecular flexibility index (Phi) is 4.61. The van der Waals surface area contributed by atoms with Crippen molar-refractivity contribution in [1.82, 2.24) is 5.01 Å². The van der Waals surface area contributed by atoms with Gasteiger partial charge in [-0.2, -0.15) is 10.0 Å². The van der Waals surface area contributed by atoms with Crippen LogP contribution in [0.2, 0.25) is 0 Å². The van der Waals surface area contributed by atoms with Gasteiger partial charge in [0.1, 0.15) is 0 Å². The molecule has 1 amide bonds. The highest BCUT2D eigenvalue weighted by Gasteiger charge is 2.35. The highest BCUT2D eigenvalue weighted by atomic mass is 32.2. The number of nitrogens with one attached hydrogen (secondary N) is 1. The predicted molar refractivity (Wildman–Crippen MR) is 115 cm³/mol. The van der Waals surface area contributed by atoms with Crippen molar-refractivity contribution in [2.24, 2.45) is 10.1 Å². The van der Waals surface area contributed by atoms with Crippen molar-refractivity contribution < 1.29 is 14.3 Å². The number of rotatable bonds is 3. The fraction of sp³-hybridized carbons (Fsp3) is 0.100. The van der Waals surface area contributed by atoms with Crippen molar-refractivity contribution in [3.8, 4) is 11.5 Å². The standard InChI is InChI=1S/C20H14N4O3S2/c21-17-14(8-13-6-7-15-16(9-13)27-11-26-15)18(25)22-19-24(17)23-20(29-19)28-10-12-4-2-1-3-5-12/h1-9,21H,10-11H2. The maximum absolute atomic E-state index is 12.5. The van der Waals surface area contributed by atoms with Crippen molar-refractivity contribution in [2.45, 2.75) is 5.75 Å². The highest BCUT2D eigenvalue weighted by Crippen LogP contribution is 2.35. The van der Waals surface area contributed by atoms with E-state index in [0.29, 0.717) is 16.7 Å². The van der Waals surface area contributed by atoms with Crippen LogP contribution in [0.4, 0.5) is 0 Å². The second kappa shape index (κ2) is 7.41. The van der Waals surface area contributed by atoms with E-state index in [2.05, 4.69) is 22.2 Å². The first-order chi connectivity index (χ1) is 14.2. The topological polar surface area (TPSA) is 87.3 Å². The lowest BCUT2D eigenvalue weighted by Gasteiger charge is -2.20. The van der Waals surface area contributed by atoms with Crippen LogP contribution in [0.5, 0.6) is 11.5 Å². The van der Waals surface area contributed by atoms with Crippen LogP contribution >= 0.6 is 23.5 Å². The minimum absolute atomic E-state index is 0.0143. The van der Waals surface area contributed by atoms with Gasteiger partial charge in [0.25, 0.3) is 5.91 Å². The Morgan fingerprint density at radius 3 is 2.86 bits per heavy atom. The number of hydrogen-bond acceptors (Lipinski definition) is 7. The quantitative estimate of drug-likeness (QED) is 0.755. The van der Waals surface area contributed by atoms with Crippen LogP contribution in [0.25, 0.3) is 6.08 Å². The van der Waals surface area contributed by atoms with Crippen molar-refractivity contribution in [1.29, 1.82) is 5.41 Å². The van der Waals surface area contributed by atoms with Crippen LogP contribution in [0.1, 0.15) is 11.1 Å². The number of amidine groups is 2. The maximum Gasteiger partial charge on any atom is 0.283 e. The van der Waals surface area contributed by atoms with Gasteiger partial charge < -0.3 is 9.47 Å². The van der Waals surface area contributed by atoms with Crippen molar-refractivity contribution >= 4 is 50.9 Å². The van der Waals surface area contributed by atoms with Crippen molar-refractivity contribution in [3.63, 3.8) is 0 Å². The predicted octanol–water partition coefficient (Wildman–Crippen LogP) is 3.93. The van der Waals surface area contributed by atoms with Gasteiger partial charge in [0.2, 0.25) is 12.0 Å². The minimum atomic E-state index is -0.448. The summed E-state index contributed by atoms with van der Waals surface area (Å²) in [6.07, 6.45) is 1.63. The number of hydrogen-bond donors (Lipinski definition) is 1. The van der Waals surface area contributed by atoms with Crippen LogP contribution < -0.4 is 9.47 Å². The molecule has 0 spiro atoms. The molecular formula is C20H14N4O3S2. The third-order valence-corrected chi connectivity index (χ3v) is 6.46. The van der Waals surface area contributed by atoms with E-state index in [9.17, 15) is 4.79 Å². The monoisotopic (exact) mass is 422 g/mol.